The number of oxazole rings is 1. The number of amides is 1. The minimum Gasteiger partial charge on any atom is -0.444 e. The lowest BCUT2D eigenvalue weighted by Gasteiger charge is -2.28. The van der Waals surface area contributed by atoms with Crippen LogP contribution in [-0.4, -0.2) is 54.2 Å². The lowest BCUT2D eigenvalue weighted by atomic mass is 10.2. The van der Waals surface area contributed by atoms with E-state index in [0.29, 0.717) is 24.9 Å². The van der Waals surface area contributed by atoms with E-state index in [-0.39, 0.29) is 12.1 Å². The van der Waals surface area contributed by atoms with E-state index in [9.17, 15) is 4.79 Å². The molecule has 164 valence electrons. The quantitative estimate of drug-likeness (QED) is 0.530. The predicted octanol–water partition coefficient (Wildman–Crippen LogP) is 3.65. The van der Waals surface area contributed by atoms with Crippen molar-refractivity contribution in [3.8, 4) is 11.5 Å². The molecule has 0 saturated heterocycles. The van der Waals surface area contributed by atoms with E-state index in [0.717, 1.165) is 17.7 Å². The first-order valence-corrected chi connectivity index (χ1v) is 10.1. The van der Waals surface area contributed by atoms with Crippen molar-refractivity contribution < 1.29 is 13.9 Å². The van der Waals surface area contributed by atoms with E-state index in [1.165, 1.54) is 0 Å². The summed E-state index contributed by atoms with van der Waals surface area (Å²) in [6, 6.07) is 9.79. The van der Waals surface area contributed by atoms with Crippen LogP contribution in [-0.2, 0) is 11.3 Å². The van der Waals surface area contributed by atoms with Gasteiger partial charge >= 0.3 is 6.09 Å². The molecule has 0 aliphatic heterocycles. The molecule has 1 atom stereocenters. The number of aliphatic imine (C=N–C) groups is 1. The average molecular weight is 416 g/mol. The van der Waals surface area contributed by atoms with Crippen LogP contribution >= 0.6 is 0 Å². The van der Waals surface area contributed by atoms with Gasteiger partial charge in [0, 0.05) is 32.2 Å². The molecule has 1 aromatic carbocycles. The lowest BCUT2D eigenvalue weighted by molar-refractivity contribution is 0.0230. The summed E-state index contributed by atoms with van der Waals surface area (Å²) in [6.45, 7) is 8.71. The largest absolute Gasteiger partial charge is 0.444 e. The third-order valence-electron chi connectivity index (χ3n) is 4.43. The summed E-state index contributed by atoms with van der Waals surface area (Å²) in [6.07, 6.45) is 2.07. The zero-order chi connectivity index (χ0) is 22.1. The summed E-state index contributed by atoms with van der Waals surface area (Å²) in [4.78, 5) is 22.5. The van der Waals surface area contributed by atoms with Gasteiger partial charge in [-0.05, 0) is 46.2 Å². The number of carbonyl (C=O) groups excluding carboxylic acids is 1. The molecule has 1 aromatic heterocycles. The molecule has 0 aliphatic carbocycles. The summed E-state index contributed by atoms with van der Waals surface area (Å²) in [7, 11) is 3.46. The minimum atomic E-state index is -0.503. The Morgan fingerprint density at radius 1 is 1.27 bits per heavy atom. The summed E-state index contributed by atoms with van der Waals surface area (Å²) in [5.74, 6) is 1.25. The van der Waals surface area contributed by atoms with Crippen molar-refractivity contribution in [2.24, 2.45) is 4.99 Å². The molecule has 0 spiro atoms. The SMILES string of the molecule is CN=C(NCCC(C)N(C)C(=O)OC(C)(C)C)NCc1coc(-c2ccccc2)n1. The second-order valence-corrected chi connectivity index (χ2v) is 8.09. The summed E-state index contributed by atoms with van der Waals surface area (Å²) in [5, 5.41) is 6.47. The van der Waals surface area contributed by atoms with Crippen LogP contribution < -0.4 is 10.6 Å². The van der Waals surface area contributed by atoms with Gasteiger partial charge in [0.05, 0.1) is 12.2 Å². The van der Waals surface area contributed by atoms with Crippen LogP contribution in [0, 0.1) is 0 Å². The molecular formula is C22H33N5O3. The highest BCUT2D eigenvalue weighted by molar-refractivity contribution is 5.79. The van der Waals surface area contributed by atoms with Crippen LogP contribution in [0.3, 0.4) is 0 Å². The number of ether oxygens (including phenoxy) is 1. The molecule has 8 nitrogen and oxygen atoms in total. The van der Waals surface area contributed by atoms with E-state index in [2.05, 4.69) is 20.6 Å². The Balaban J connectivity index is 1.76. The number of carbonyl (C=O) groups is 1. The third-order valence-corrected chi connectivity index (χ3v) is 4.43. The van der Waals surface area contributed by atoms with E-state index < -0.39 is 5.60 Å². The van der Waals surface area contributed by atoms with Crippen LogP contribution in [0.5, 0.6) is 0 Å². The van der Waals surface area contributed by atoms with Gasteiger partial charge in [0.2, 0.25) is 5.89 Å². The third kappa shape index (κ3) is 7.42. The van der Waals surface area contributed by atoms with Crippen LogP contribution in [0.25, 0.3) is 11.5 Å². The number of aromatic nitrogens is 1. The number of nitrogens with one attached hydrogen (secondary N) is 2. The Bertz CT molecular complexity index is 827. The fourth-order valence-corrected chi connectivity index (χ4v) is 2.60. The molecular weight excluding hydrogens is 382 g/mol. The van der Waals surface area contributed by atoms with Gasteiger partial charge in [-0.1, -0.05) is 18.2 Å². The number of benzene rings is 1. The zero-order valence-electron chi connectivity index (χ0n) is 18.7. The van der Waals surface area contributed by atoms with Crippen molar-refractivity contribution in [2.45, 2.75) is 52.3 Å². The van der Waals surface area contributed by atoms with Crippen molar-refractivity contribution in [1.29, 1.82) is 0 Å². The maximum atomic E-state index is 12.1. The first-order valence-electron chi connectivity index (χ1n) is 10.1. The van der Waals surface area contributed by atoms with Crippen LogP contribution in [0.4, 0.5) is 4.79 Å². The smallest absolute Gasteiger partial charge is 0.410 e. The normalized spacial score (nSPS) is 12.9. The van der Waals surface area contributed by atoms with Crippen LogP contribution in [0.15, 0.2) is 46.0 Å². The molecule has 1 heterocycles. The second-order valence-electron chi connectivity index (χ2n) is 8.09. The van der Waals surface area contributed by atoms with Crippen molar-refractivity contribution in [2.75, 3.05) is 20.6 Å². The van der Waals surface area contributed by atoms with Crippen molar-refractivity contribution in [3.63, 3.8) is 0 Å². The Hall–Kier alpha value is -3.03. The molecule has 0 fully saturated rings. The number of hydrogen-bond donors (Lipinski definition) is 2. The van der Waals surface area contributed by atoms with Gasteiger partial charge in [0.1, 0.15) is 11.9 Å². The summed E-state index contributed by atoms with van der Waals surface area (Å²) >= 11 is 0. The number of rotatable bonds is 7. The van der Waals surface area contributed by atoms with Gasteiger partial charge in [-0.2, -0.15) is 0 Å². The van der Waals surface area contributed by atoms with Gasteiger partial charge in [0.15, 0.2) is 5.96 Å². The highest BCUT2D eigenvalue weighted by atomic mass is 16.6. The Labute approximate surface area is 178 Å². The Kier molecular flexibility index (Phi) is 8.26. The molecule has 2 aromatic rings. The monoisotopic (exact) mass is 415 g/mol. The van der Waals surface area contributed by atoms with E-state index in [1.54, 1.807) is 25.3 Å². The van der Waals surface area contributed by atoms with E-state index >= 15 is 0 Å². The van der Waals surface area contributed by atoms with Crippen molar-refractivity contribution in [3.05, 3.63) is 42.3 Å². The highest BCUT2D eigenvalue weighted by Gasteiger charge is 2.22. The minimum absolute atomic E-state index is 0.0226. The topological polar surface area (TPSA) is 92.0 Å². The summed E-state index contributed by atoms with van der Waals surface area (Å²) < 4.78 is 11.0. The first-order chi connectivity index (χ1) is 14.2. The molecule has 8 heteroatoms. The predicted molar refractivity (Wildman–Crippen MR) is 118 cm³/mol. The molecule has 2 rings (SSSR count). The number of hydrogen-bond acceptors (Lipinski definition) is 5. The van der Waals surface area contributed by atoms with Crippen molar-refractivity contribution in [1.82, 2.24) is 20.5 Å². The number of guanidine groups is 1. The van der Waals surface area contributed by atoms with Gasteiger partial charge < -0.3 is 24.7 Å². The van der Waals surface area contributed by atoms with Crippen LogP contribution in [0.1, 0.15) is 39.8 Å². The summed E-state index contributed by atoms with van der Waals surface area (Å²) in [5.41, 5.74) is 1.22. The molecule has 2 N–H and O–H groups in total. The maximum absolute atomic E-state index is 12.1. The Morgan fingerprint density at radius 2 is 1.97 bits per heavy atom. The standard InChI is InChI=1S/C22H33N5O3/c1-16(27(6)21(28)30-22(2,3)4)12-13-24-20(23-5)25-14-18-15-29-19(26-18)17-10-8-7-9-11-17/h7-11,15-16H,12-14H2,1-6H3,(H2,23,24,25). The molecule has 0 radical (unpaired) electrons. The first kappa shape index (κ1) is 23.3. The Morgan fingerprint density at radius 3 is 2.60 bits per heavy atom. The fraction of sp³-hybridized carbons (Fsp3) is 0.500. The highest BCUT2D eigenvalue weighted by Crippen LogP contribution is 2.17. The molecule has 30 heavy (non-hydrogen) atoms. The fourth-order valence-electron chi connectivity index (χ4n) is 2.60. The van der Waals surface area contributed by atoms with Gasteiger partial charge in [-0.25, -0.2) is 9.78 Å². The van der Waals surface area contributed by atoms with E-state index in [1.807, 2.05) is 58.0 Å². The van der Waals surface area contributed by atoms with Gasteiger partial charge in [-0.15, -0.1) is 0 Å². The molecule has 0 saturated carbocycles. The molecule has 0 aliphatic rings. The molecule has 0 bridgehead atoms. The average Bonchev–Trinajstić information content (AvgIpc) is 3.18. The molecule has 1 amide bonds. The zero-order valence-corrected chi connectivity index (χ0v) is 18.7. The van der Waals surface area contributed by atoms with Crippen molar-refractivity contribution >= 4 is 12.1 Å². The number of nitrogens with zero attached hydrogens (tertiary/aromatic N) is 3. The van der Waals surface area contributed by atoms with Gasteiger partial charge in [-0.3, -0.25) is 4.99 Å². The van der Waals surface area contributed by atoms with E-state index in [4.69, 9.17) is 9.15 Å². The second kappa shape index (κ2) is 10.7. The maximum Gasteiger partial charge on any atom is 0.410 e. The lowest BCUT2D eigenvalue weighted by Crippen LogP contribution is -2.42. The van der Waals surface area contributed by atoms with Gasteiger partial charge in [0.25, 0.3) is 0 Å². The van der Waals surface area contributed by atoms with Crippen LogP contribution in [0.2, 0.25) is 0 Å². The molecule has 1 unspecified atom stereocenters.